The summed E-state index contributed by atoms with van der Waals surface area (Å²) in [4.78, 5) is 19.7. The predicted molar refractivity (Wildman–Crippen MR) is 136 cm³/mol. The van der Waals surface area contributed by atoms with Crippen molar-refractivity contribution in [2.24, 2.45) is 11.8 Å². The number of nitrogens with zero attached hydrogens (tertiary/aromatic N) is 4. The number of aromatic nitrogens is 1. The summed E-state index contributed by atoms with van der Waals surface area (Å²) in [6.07, 6.45) is 5.17. The van der Waals surface area contributed by atoms with E-state index in [1.807, 2.05) is 30.0 Å². The smallest absolute Gasteiger partial charge is 0.225 e. The van der Waals surface area contributed by atoms with Gasteiger partial charge in [0.25, 0.3) is 0 Å². The van der Waals surface area contributed by atoms with Crippen LogP contribution >= 0.6 is 35.1 Å². The van der Waals surface area contributed by atoms with E-state index in [4.69, 9.17) is 33.2 Å². The van der Waals surface area contributed by atoms with E-state index < -0.39 is 0 Å². The molecule has 1 aromatic carbocycles. The molecule has 34 heavy (non-hydrogen) atoms. The van der Waals surface area contributed by atoms with Crippen molar-refractivity contribution in [3.8, 4) is 11.9 Å². The molecule has 2 saturated heterocycles. The molecule has 1 amide bonds. The van der Waals surface area contributed by atoms with E-state index in [9.17, 15) is 4.79 Å². The third kappa shape index (κ3) is 5.63. The summed E-state index contributed by atoms with van der Waals surface area (Å²) in [5.74, 6) is 0.891. The van der Waals surface area contributed by atoms with Gasteiger partial charge in [-0.2, -0.15) is 5.26 Å². The summed E-state index contributed by atoms with van der Waals surface area (Å²) in [7, 11) is 0. The van der Waals surface area contributed by atoms with Gasteiger partial charge in [0, 0.05) is 56.2 Å². The minimum absolute atomic E-state index is 0.0601. The largest absolute Gasteiger partial charge is 0.474 e. The molecule has 4 rings (SSSR count). The number of hydrogen-bond acceptors (Lipinski definition) is 6. The lowest BCUT2D eigenvalue weighted by Crippen LogP contribution is -2.40. The molecule has 0 radical (unpaired) electrons. The summed E-state index contributed by atoms with van der Waals surface area (Å²) in [6, 6.07) is 11.2. The van der Waals surface area contributed by atoms with Crippen LogP contribution in [0.15, 0.2) is 36.5 Å². The van der Waals surface area contributed by atoms with Crippen molar-refractivity contribution in [2.45, 2.75) is 31.8 Å². The molecule has 2 aliphatic rings. The van der Waals surface area contributed by atoms with Gasteiger partial charge in [-0.15, -0.1) is 0 Å². The zero-order valence-corrected chi connectivity index (χ0v) is 21.6. The van der Waals surface area contributed by atoms with Gasteiger partial charge in [-0.1, -0.05) is 41.2 Å². The van der Waals surface area contributed by atoms with Crippen molar-refractivity contribution >= 4 is 41.1 Å². The monoisotopic (exact) mass is 518 g/mol. The van der Waals surface area contributed by atoms with Crippen molar-refractivity contribution in [1.29, 1.82) is 5.26 Å². The summed E-state index contributed by atoms with van der Waals surface area (Å²) in [6.45, 7) is 5.13. The minimum Gasteiger partial charge on any atom is -0.474 e. The second-order valence-electron chi connectivity index (χ2n) is 8.89. The first-order chi connectivity index (χ1) is 16.4. The number of benzene rings is 1. The Hall–Kier alpha value is -1.98. The maximum absolute atomic E-state index is 13.5. The maximum Gasteiger partial charge on any atom is 0.225 e. The van der Waals surface area contributed by atoms with Crippen LogP contribution in [0.2, 0.25) is 10.0 Å². The van der Waals surface area contributed by atoms with Crippen molar-refractivity contribution in [1.82, 2.24) is 14.2 Å². The molecule has 2 aromatic rings. The van der Waals surface area contributed by atoms with Crippen molar-refractivity contribution < 1.29 is 9.53 Å². The first-order valence-corrected chi connectivity index (χ1v) is 13.4. The Balaban J connectivity index is 1.53. The van der Waals surface area contributed by atoms with Crippen molar-refractivity contribution in [3.05, 3.63) is 57.7 Å². The molecular weight excluding hydrogens is 491 g/mol. The molecular formula is C25H28Cl2N4O2S. The molecule has 3 heterocycles. The highest BCUT2D eigenvalue weighted by Gasteiger charge is 2.42. The number of rotatable bonds is 6. The van der Waals surface area contributed by atoms with E-state index in [0.717, 1.165) is 31.5 Å². The minimum atomic E-state index is -0.198. The topological polar surface area (TPSA) is 69.5 Å². The average molecular weight is 519 g/mol. The van der Waals surface area contributed by atoms with Gasteiger partial charge in [-0.25, -0.2) is 4.98 Å². The van der Waals surface area contributed by atoms with E-state index in [1.54, 1.807) is 24.1 Å². The van der Waals surface area contributed by atoms with E-state index in [2.05, 4.69) is 21.6 Å². The second kappa shape index (κ2) is 11.2. The zero-order chi connectivity index (χ0) is 24.2. The lowest BCUT2D eigenvalue weighted by atomic mass is 9.86. The quantitative estimate of drug-likeness (QED) is 0.485. The van der Waals surface area contributed by atoms with Gasteiger partial charge in [-0.05, 0) is 49.8 Å². The molecule has 0 bridgehead atoms. The fourth-order valence-corrected chi connectivity index (χ4v) is 5.80. The van der Waals surface area contributed by atoms with E-state index in [0.29, 0.717) is 34.6 Å². The number of carbonyl (C=O) groups is 1. The Kier molecular flexibility index (Phi) is 8.26. The number of piperidine rings is 1. The Morgan fingerprint density at radius 1 is 1.21 bits per heavy atom. The highest BCUT2D eigenvalue weighted by atomic mass is 35.5. The molecule has 6 nitrogen and oxygen atoms in total. The van der Waals surface area contributed by atoms with Crippen LogP contribution in [0, 0.1) is 23.2 Å². The fourth-order valence-electron chi connectivity index (χ4n) is 4.92. The van der Waals surface area contributed by atoms with Crippen LogP contribution in [0.3, 0.4) is 0 Å². The number of halogens is 2. The Bertz CT molecular complexity index is 1050. The zero-order valence-electron chi connectivity index (χ0n) is 19.3. The van der Waals surface area contributed by atoms with Gasteiger partial charge < -0.3 is 9.64 Å². The van der Waals surface area contributed by atoms with Gasteiger partial charge >= 0.3 is 0 Å². The second-order valence-corrected chi connectivity index (χ2v) is 10.6. The van der Waals surface area contributed by atoms with Crippen LogP contribution in [0.25, 0.3) is 0 Å². The normalized spacial score (nSPS) is 22.4. The van der Waals surface area contributed by atoms with E-state index in [-0.39, 0.29) is 29.8 Å². The first-order valence-electron chi connectivity index (χ1n) is 11.4. The molecule has 2 aliphatic heterocycles. The SMILES string of the molecule is CSN1CCC(C(=O)N2CC([C@H](C)Oc3ccc(C#N)cn3)[C@@H](c3ccc(Cl)c(Cl)c3)C2)CC1. The van der Waals surface area contributed by atoms with Gasteiger partial charge in [-0.3, -0.25) is 9.10 Å². The first kappa shape index (κ1) is 25.1. The lowest BCUT2D eigenvalue weighted by Gasteiger charge is -2.31. The Morgan fingerprint density at radius 2 is 1.97 bits per heavy atom. The number of ether oxygens (including phenoxy) is 1. The number of pyridine rings is 1. The molecule has 1 aromatic heterocycles. The number of carbonyl (C=O) groups excluding carboxylic acids is 1. The molecule has 2 fully saturated rings. The molecule has 9 heteroatoms. The Labute approximate surface area is 215 Å². The summed E-state index contributed by atoms with van der Waals surface area (Å²) in [5, 5.41) is 10.0. The number of nitriles is 1. The molecule has 0 N–H and O–H groups in total. The van der Waals surface area contributed by atoms with Crippen molar-refractivity contribution in [3.63, 3.8) is 0 Å². The lowest BCUT2D eigenvalue weighted by molar-refractivity contribution is -0.135. The average Bonchev–Trinajstić information content (AvgIpc) is 3.31. The van der Waals surface area contributed by atoms with Gasteiger partial charge in [0.1, 0.15) is 12.2 Å². The van der Waals surface area contributed by atoms with Gasteiger partial charge in [0.05, 0.1) is 15.6 Å². The Morgan fingerprint density at radius 3 is 2.59 bits per heavy atom. The fraction of sp³-hybridized carbons (Fsp3) is 0.480. The summed E-state index contributed by atoms with van der Waals surface area (Å²) < 4.78 is 8.49. The van der Waals surface area contributed by atoms with Crippen LogP contribution in [0.5, 0.6) is 5.88 Å². The van der Waals surface area contributed by atoms with Crippen LogP contribution in [-0.2, 0) is 4.79 Å². The highest BCUT2D eigenvalue weighted by molar-refractivity contribution is 7.96. The third-order valence-electron chi connectivity index (χ3n) is 6.88. The molecule has 180 valence electrons. The molecule has 0 saturated carbocycles. The van der Waals surface area contributed by atoms with E-state index in [1.165, 1.54) is 6.20 Å². The molecule has 3 atom stereocenters. The third-order valence-corrected chi connectivity index (χ3v) is 8.51. The highest BCUT2D eigenvalue weighted by Crippen LogP contribution is 2.39. The predicted octanol–water partition coefficient (Wildman–Crippen LogP) is 5.26. The standard InChI is InChI=1S/C25H28Cl2N4O2S/c1-16(33-24-6-3-17(12-28)13-29-24)20-14-30(25(32)18-7-9-31(34-2)10-8-18)15-21(20)19-4-5-22(26)23(27)11-19/h3-6,11,13,16,18,20-21H,7-10,14-15H2,1-2H3/t16-,20?,21+/m0/s1. The van der Waals surface area contributed by atoms with Crippen LogP contribution in [0.4, 0.5) is 0 Å². The van der Waals surface area contributed by atoms with Crippen LogP contribution in [0.1, 0.15) is 36.8 Å². The maximum atomic E-state index is 13.5. The van der Waals surface area contributed by atoms with Gasteiger partial charge in [0.15, 0.2) is 0 Å². The molecule has 0 aliphatic carbocycles. The number of amides is 1. The van der Waals surface area contributed by atoms with Crippen molar-refractivity contribution in [2.75, 3.05) is 32.4 Å². The van der Waals surface area contributed by atoms with Crippen LogP contribution < -0.4 is 4.74 Å². The number of hydrogen-bond donors (Lipinski definition) is 0. The van der Waals surface area contributed by atoms with Crippen LogP contribution in [-0.4, -0.2) is 58.6 Å². The number of likely N-dealkylation sites (tertiary alicyclic amines) is 1. The summed E-state index contributed by atoms with van der Waals surface area (Å²) >= 11 is 14.2. The van der Waals surface area contributed by atoms with E-state index >= 15 is 0 Å². The summed E-state index contributed by atoms with van der Waals surface area (Å²) in [5.41, 5.74) is 1.54. The molecule has 0 spiro atoms. The van der Waals surface area contributed by atoms with Gasteiger partial charge in [0.2, 0.25) is 11.8 Å². The molecule has 1 unspecified atom stereocenters.